The average Bonchev–Trinajstić information content (AvgIpc) is 3.27. The first-order chi connectivity index (χ1) is 10.1. The SMILES string of the molecule is COc1ccc(C)cc1C(=O)C1CC1c1ccc(C)cc1. The van der Waals surface area contributed by atoms with E-state index in [2.05, 4.69) is 31.2 Å². The highest BCUT2D eigenvalue weighted by molar-refractivity contribution is 6.02. The molecule has 0 amide bonds. The molecule has 21 heavy (non-hydrogen) atoms. The molecule has 3 rings (SSSR count). The molecule has 2 aromatic rings. The van der Waals surface area contributed by atoms with Crippen molar-refractivity contribution < 1.29 is 9.53 Å². The number of ether oxygens (including phenoxy) is 1. The van der Waals surface area contributed by atoms with Crippen LogP contribution in [-0.2, 0) is 0 Å². The number of carbonyl (C=O) groups is 1. The summed E-state index contributed by atoms with van der Waals surface area (Å²) in [7, 11) is 1.62. The zero-order chi connectivity index (χ0) is 15.0. The van der Waals surface area contributed by atoms with Gasteiger partial charge in [0.25, 0.3) is 0 Å². The van der Waals surface area contributed by atoms with Gasteiger partial charge in [-0.25, -0.2) is 0 Å². The summed E-state index contributed by atoms with van der Waals surface area (Å²) in [5.41, 5.74) is 4.33. The summed E-state index contributed by atoms with van der Waals surface area (Å²) >= 11 is 0. The first-order valence-electron chi connectivity index (χ1n) is 7.35. The van der Waals surface area contributed by atoms with Crippen LogP contribution in [0.1, 0.15) is 39.4 Å². The molecule has 2 unspecified atom stereocenters. The molecule has 2 aromatic carbocycles. The lowest BCUT2D eigenvalue weighted by molar-refractivity contribution is 0.0962. The quantitative estimate of drug-likeness (QED) is 0.781. The van der Waals surface area contributed by atoms with Crippen LogP contribution in [0.15, 0.2) is 42.5 Å². The van der Waals surface area contributed by atoms with E-state index < -0.39 is 0 Å². The van der Waals surface area contributed by atoms with Crippen LogP contribution in [0.3, 0.4) is 0 Å². The Morgan fingerprint density at radius 2 is 1.71 bits per heavy atom. The lowest BCUT2D eigenvalue weighted by atomic mass is 10.00. The van der Waals surface area contributed by atoms with Crippen molar-refractivity contribution in [1.29, 1.82) is 0 Å². The van der Waals surface area contributed by atoms with E-state index in [9.17, 15) is 4.79 Å². The Labute approximate surface area is 125 Å². The number of ketones is 1. The number of Topliss-reactive ketones (excluding diaryl/α,β-unsaturated/α-hetero) is 1. The van der Waals surface area contributed by atoms with Gasteiger partial charge in [0.05, 0.1) is 12.7 Å². The Morgan fingerprint density at radius 1 is 1.05 bits per heavy atom. The molecule has 0 N–H and O–H groups in total. The van der Waals surface area contributed by atoms with E-state index in [1.807, 2.05) is 25.1 Å². The maximum atomic E-state index is 12.7. The van der Waals surface area contributed by atoms with Crippen LogP contribution in [0.2, 0.25) is 0 Å². The molecule has 108 valence electrons. The fourth-order valence-electron chi connectivity index (χ4n) is 2.88. The van der Waals surface area contributed by atoms with E-state index in [0.717, 1.165) is 17.5 Å². The molecular formula is C19H20O2. The van der Waals surface area contributed by atoms with Crippen LogP contribution < -0.4 is 4.74 Å². The van der Waals surface area contributed by atoms with Gasteiger partial charge in [-0.05, 0) is 43.9 Å². The maximum absolute atomic E-state index is 12.7. The van der Waals surface area contributed by atoms with Crippen molar-refractivity contribution in [3.05, 3.63) is 64.7 Å². The molecule has 1 aliphatic rings. The predicted octanol–water partition coefficient (Wildman–Crippen LogP) is 4.30. The molecule has 0 aromatic heterocycles. The summed E-state index contributed by atoms with van der Waals surface area (Å²) in [5, 5.41) is 0. The second-order valence-electron chi connectivity index (χ2n) is 5.93. The molecule has 0 saturated heterocycles. The normalized spacial score (nSPS) is 20.1. The average molecular weight is 280 g/mol. The van der Waals surface area contributed by atoms with Gasteiger partial charge in [0, 0.05) is 5.92 Å². The lowest BCUT2D eigenvalue weighted by Crippen LogP contribution is -2.06. The summed E-state index contributed by atoms with van der Waals surface area (Å²) in [6, 6.07) is 14.3. The minimum absolute atomic E-state index is 0.100. The molecule has 1 fully saturated rings. The van der Waals surface area contributed by atoms with Crippen LogP contribution in [0.25, 0.3) is 0 Å². The highest BCUT2D eigenvalue weighted by Gasteiger charge is 2.44. The van der Waals surface area contributed by atoms with Gasteiger partial charge in [-0.2, -0.15) is 0 Å². The zero-order valence-electron chi connectivity index (χ0n) is 12.7. The summed E-state index contributed by atoms with van der Waals surface area (Å²) in [4.78, 5) is 12.7. The summed E-state index contributed by atoms with van der Waals surface area (Å²) in [5.74, 6) is 1.35. The van der Waals surface area contributed by atoms with E-state index in [4.69, 9.17) is 4.74 Å². The highest BCUT2D eigenvalue weighted by atomic mass is 16.5. The number of methoxy groups -OCH3 is 1. The minimum atomic E-state index is 0.100. The largest absolute Gasteiger partial charge is 0.496 e. The monoisotopic (exact) mass is 280 g/mol. The van der Waals surface area contributed by atoms with Crippen LogP contribution >= 0.6 is 0 Å². The summed E-state index contributed by atoms with van der Waals surface area (Å²) < 4.78 is 5.34. The topological polar surface area (TPSA) is 26.3 Å². The van der Waals surface area contributed by atoms with Gasteiger partial charge in [-0.1, -0.05) is 41.5 Å². The van der Waals surface area contributed by atoms with Crippen molar-refractivity contribution in [2.24, 2.45) is 5.92 Å². The molecule has 0 bridgehead atoms. The Morgan fingerprint density at radius 3 is 2.38 bits per heavy atom. The molecule has 1 aliphatic carbocycles. The van der Waals surface area contributed by atoms with Gasteiger partial charge in [-0.15, -0.1) is 0 Å². The van der Waals surface area contributed by atoms with Crippen LogP contribution in [-0.4, -0.2) is 12.9 Å². The molecule has 2 atom stereocenters. The third-order valence-corrected chi connectivity index (χ3v) is 4.25. The van der Waals surface area contributed by atoms with E-state index in [1.165, 1.54) is 11.1 Å². The number of hydrogen-bond donors (Lipinski definition) is 0. The molecule has 0 radical (unpaired) electrons. The van der Waals surface area contributed by atoms with Crippen molar-refractivity contribution in [3.8, 4) is 5.75 Å². The van der Waals surface area contributed by atoms with E-state index in [0.29, 0.717) is 11.7 Å². The Kier molecular flexibility index (Phi) is 3.54. The van der Waals surface area contributed by atoms with Gasteiger partial charge >= 0.3 is 0 Å². The summed E-state index contributed by atoms with van der Waals surface area (Å²) in [6.45, 7) is 4.08. The predicted molar refractivity (Wildman–Crippen MR) is 84.1 cm³/mol. The Balaban J connectivity index is 1.82. The molecule has 0 aliphatic heterocycles. The fraction of sp³-hybridized carbons (Fsp3) is 0.316. The van der Waals surface area contributed by atoms with Crippen molar-refractivity contribution >= 4 is 5.78 Å². The minimum Gasteiger partial charge on any atom is -0.496 e. The Hall–Kier alpha value is -2.09. The van der Waals surface area contributed by atoms with Crippen molar-refractivity contribution in [3.63, 3.8) is 0 Å². The van der Waals surface area contributed by atoms with Gasteiger partial charge < -0.3 is 4.74 Å². The molecule has 2 heteroatoms. The molecule has 2 nitrogen and oxygen atoms in total. The molecular weight excluding hydrogens is 260 g/mol. The van der Waals surface area contributed by atoms with Gasteiger partial charge in [0.1, 0.15) is 5.75 Å². The van der Waals surface area contributed by atoms with E-state index in [1.54, 1.807) is 7.11 Å². The third-order valence-electron chi connectivity index (χ3n) is 4.25. The Bertz CT molecular complexity index is 670. The van der Waals surface area contributed by atoms with Gasteiger partial charge in [-0.3, -0.25) is 4.79 Å². The van der Waals surface area contributed by atoms with Gasteiger partial charge in [0.15, 0.2) is 5.78 Å². The first-order valence-corrected chi connectivity index (χ1v) is 7.35. The first kappa shape index (κ1) is 13.9. The van der Waals surface area contributed by atoms with E-state index >= 15 is 0 Å². The smallest absolute Gasteiger partial charge is 0.170 e. The number of hydrogen-bond acceptors (Lipinski definition) is 2. The van der Waals surface area contributed by atoms with Crippen LogP contribution in [0.5, 0.6) is 5.75 Å². The van der Waals surface area contributed by atoms with Crippen molar-refractivity contribution in [1.82, 2.24) is 0 Å². The number of aryl methyl sites for hydroxylation is 2. The van der Waals surface area contributed by atoms with Crippen molar-refractivity contribution in [2.45, 2.75) is 26.2 Å². The van der Waals surface area contributed by atoms with Crippen LogP contribution in [0.4, 0.5) is 0 Å². The van der Waals surface area contributed by atoms with Gasteiger partial charge in [0.2, 0.25) is 0 Å². The number of rotatable bonds is 4. The summed E-state index contributed by atoms with van der Waals surface area (Å²) in [6.07, 6.45) is 0.943. The highest BCUT2D eigenvalue weighted by Crippen LogP contribution is 2.49. The lowest BCUT2D eigenvalue weighted by Gasteiger charge is -2.08. The molecule has 1 saturated carbocycles. The fourth-order valence-corrected chi connectivity index (χ4v) is 2.88. The second kappa shape index (κ2) is 5.36. The van der Waals surface area contributed by atoms with Crippen molar-refractivity contribution in [2.75, 3.05) is 7.11 Å². The number of carbonyl (C=O) groups excluding carboxylic acids is 1. The zero-order valence-corrected chi connectivity index (χ0v) is 12.7. The second-order valence-corrected chi connectivity index (χ2v) is 5.93. The van der Waals surface area contributed by atoms with E-state index in [-0.39, 0.29) is 11.7 Å². The maximum Gasteiger partial charge on any atom is 0.170 e. The molecule has 0 heterocycles. The van der Waals surface area contributed by atoms with Crippen LogP contribution in [0, 0.1) is 19.8 Å². The third kappa shape index (κ3) is 2.71. The number of benzene rings is 2. The molecule has 0 spiro atoms. The standard InChI is InChI=1S/C19H20O2/c1-12-4-7-14(8-5-12)15-11-16(15)19(20)17-10-13(2)6-9-18(17)21-3/h4-10,15-16H,11H2,1-3H3.